The van der Waals surface area contributed by atoms with Gasteiger partial charge in [0, 0.05) is 19.2 Å². The Morgan fingerprint density at radius 1 is 1.08 bits per heavy atom. The van der Waals surface area contributed by atoms with Gasteiger partial charge in [-0.1, -0.05) is 42.5 Å². The van der Waals surface area contributed by atoms with Crippen LogP contribution in [0.1, 0.15) is 11.1 Å². The largest absolute Gasteiger partial charge is 0.350 e. The summed E-state index contributed by atoms with van der Waals surface area (Å²) in [6.45, 7) is 0.449. The average molecular weight is 343 g/mol. The van der Waals surface area contributed by atoms with E-state index in [4.69, 9.17) is 0 Å². The van der Waals surface area contributed by atoms with Gasteiger partial charge >= 0.3 is 0 Å². The van der Waals surface area contributed by atoms with Gasteiger partial charge in [-0.3, -0.25) is 4.79 Å². The molecule has 0 fully saturated rings. The maximum absolute atomic E-state index is 12.1. The highest BCUT2D eigenvalue weighted by atomic mass is 32.2. The number of fused-ring (bicyclic) bond motifs is 1. The van der Waals surface area contributed by atoms with Crippen LogP contribution in [0, 0.1) is 0 Å². The second kappa shape index (κ2) is 6.45. The summed E-state index contributed by atoms with van der Waals surface area (Å²) in [7, 11) is -2.02. The Morgan fingerprint density at radius 2 is 1.75 bits per heavy atom. The number of rotatable bonds is 4. The van der Waals surface area contributed by atoms with E-state index in [1.165, 1.54) is 6.07 Å². The van der Waals surface area contributed by atoms with Gasteiger partial charge < -0.3 is 10.2 Å². The Bertz CT molecular complexity index is 892. The summed E-state index contributed by atoms with van der Waals surface area (Å²) < 4.78 is 27.9. The average Bonchev–Trinajstić information content (AvgIpc) is 2.86. The minimum absolute atomic E-state index is 0.0233. The second-order valence-electron chi connectivity index (χ2n) is 5.50. The molecule has 1 aliphatic rings. The Balaban J connectivity index is 1.67. The Kier molecular flexibility index (Phi) is 4.35. The summed E-state index contributed by atoms with van der Waals surface area (Å²) in [5.74, 6) is 0.0892. The first-order chi connectivity index (χ1) is 11.5. The second-order valence-corrected chi connectivity index (χ2v) is 7.08. The van der Waals surface area contributed by atoms with Crippen molar-refractivity contribution in [3.63, 3.8) is 0 Å². The van der Waals surface area contributed by atoms with Gasteiger partial charge in [-0.2, -0.15) is 8.42 Å². The third-order valence-corrected chi connectivity index (χ3v) is 5.01. The molecule has 2 aromatic rings. The van der Waals surface area contributed by atoms with E-state index in [9.17, 15) is 13.2 Å². The fourth-order valence-corrected chi connectivity index (χ4v) is 3.76. The highest BCUT2D eigenvalue weighted by Crippen LogP contribution is 2.26. The van der Waals surface area contributed by atoms with Crippen molar-refractivity contribution in [2.24, 2.45) is 4.40 Å². The van der Waals surface area contributed by atoms with E-state index in [0.29, 0.717) is 17.9 Å². The molecule has 3 rings (SSSR count). The molecule has 1 heterocycles. The summed E-state index contributed by atoms with van der Waals surface area (Å²) >= 11 is 0. The van der Waals surface area contributed by atoms with Crippen LogP contribution in [-0.2, 0) is 21.4 Å². The number of carbonyl (C=O) groups excluding carboxylic acids is 1. The predicted molar refractivity (Wildman–Crippen MR) is 91.1 cm³/mol. The van der Waals surface area contributed by atoms with Crippen molar-refractivity contribution >= 4 is 21.8 Å². The molecule has 0 aromatic heterocycles. The molecule has 1 N–H and O–H groups in total. The number of benzene rings is 2. The number of amidine groups is 1. The number of hydrogen-bond donors (Lipinski definition) is 1. The molecular formula is C17H17N3O3S. The smallest absolute Gasteiger partial charge is 0.285 e. The Hall–Kier alpha value is -2.67. The van der Waals surface area contributed by atoms with Crippen LogP contribution in [0.2, 0.25) is 0 Å². The van der Waals surface area contributed by atoms with E-state index < -0.39 is 10.0 Å². The summed E-state index contributed by atoms with van der Waals surface area (Å²) in [6, 6.07) is 16.2. The predicted octanol–water partition coefficient (Wildman–Crippen LogP) is 1.38. The van der Waals surface area contributed by atoms with Crippen LogP contribution in [0.15, 0.2) is 63.9 Å². The molecule has 0 saturated carbocycles. The molecule has 0 saturated heterocycles. The van der Waals surface area contributed by atoms with Crippen LogP contribution in [-0.4, -0.2) is 38.7 Å². The zero-order valence-electron chi connectivity index (χ0n) is 13.1. The molecule has 6 nitrogen and oxygen atoms in total. The molecule has 0 radical (unpaired) electrons. The topological polar surface area (TPSA) is 78.8 Å². The molecule has 2 aromatic carbocycles. The first kappa shape index (κ1) is 16.2. The molecule has 1 amide bonds. The van der Waals surface area contributed by atoms with E-state index >= 15 is 0 Å². The number of amides is 1. The maximum Gasteiger partial charge on any atom is 0.285 e. The van der Waals surface area contributed by atoms with Crippen molar-refractivity contribution in [3.05, 3.63) is 65.7 Å². The van der Waals surface area contributed by atoms with Crippen molar-refractivity contribution in [3.8, 4) is 0 Å². The van der Waals surface area contributed by atoms with Crippen molar-refractivity contribution in [1.29, 1.82) is 0 Å². The van der Waals surface area contributed by atoms with Crippen LogP contribution < -0.4 is 5.32 Å². The summed E-state index contributed by atoms with van der Waals surface area (Å²) in [5, 5.41) is 2.81. The van der Waals surface area contributed by atoms with Gasteiger partial charge in [0.2, 0.25) is 5.91 Å². The van der Waals surface area contributed by atoms with Crippen molar-refractivity contribution < 1.29 is 13.2 Å². The number of hydrogen-bond acceptors (Lipinski definition) is 4. The Morgan fingerprint density at radius 3 is 2.50 bits per heavy atom. The lowest BCUT2D eigenvalue weighted by Crippen LogP contribution is -2.38. The number of nitrogens with one attached hydrogen (secondary N) is 1. The lowest BCUT2D eigenvalue weighted by atomic mass is 10.2. The molecule has 0 bridgehead atoms. The van der Waals surface area contributed by atoms with E-state index in [0.717, 1.165) is 5.56 Å². The maximum atomic E-state index is 12.1. The fraction of sp³-hybridized carbons (Fsp3) is 0.176. The third-order valence-electron chi connectivity index (χ3n) is 3.69. The fourth-order valence-electron chi connectivity index (χ4n) is 2.51. The van der Waals surface area contributed by atoms with E-state index in [1.807, 2.05) is 30.3 Å². The minimum atomic E-state index is -3.68. The quantitative estimate of drug-likeness (QED) is 0.910. The van der Waals surface area contributed by atoms with Crippen molar-refractivity contribution in [2.45, 2.75) is 11.4 Å². The molecule has 1 aliphatic heterocycles. The van der Waals surface area contributed by atoms with Gasteiger partial charge in [0.15, 0.2) is 5.84 Å². The van der Waals surface area contributed by atoms with Crippen molar-refractivity contribution in [2.75, 3.05) is 13.6 Å². The van der Waals surface area contributed by atoms with Gasteiger partial charge in [-0.05, 0) is 17.7 Å². The zero-order chi connectivity index (χ0) is 17.2. The van der Waals surface area contributed by atoms with Crippen LogP contribution in [0.3, 0.4) is 0 Å². The molecule has 0 atom stereocenters. The molecule has 0 unspecified atom stereocenters. The number of carbonyl (C=O) groups is 1. The number of nitrogens with zero attached hydrogens (tertiary/aromatic N) is 2. The van der Waals surface area contributed by atoms with Crippen LogP contribution in [0.4, 0.5) is 0 Å². The van der Waals surface area contributed by atoms with Gasteiger partial charge in [0.25, 0.3) is 10.0 Å². The number of likely N-dealkylation sites (N-methyl/N-ethyl adjacent to an activating group) is 1. The third kappa shape index (κ3) is 3.30. The van der Waals surface area contributed by atoms with Gasteiger partial charge in [-0.15, -0.1) is 4.40 Å². The number of sulfonamides is 1. The minimum Gasteiger partial charge on any atom is -0.350 e. The highest BCUT2D eigenvalue weighted by molar-refractivity contribution is 7.90. The molecule has 0 spiro atoms. The summed E-state index contributed by atoms with van der Waals surface area (Å²) in [6.07, 6.45) is 0. The molecule has 7 heteroatoms. The lowest BCUT2D eigenvalue weighted by molar-refractivity contribution is -0.121. The zero-order valence-corrected chi connectivity index (χ0v) is 14.0. The van der Waals surface area contributed by atoms with Crippen LogP contribution >= 0.6 is 0 Å². The molecule has 124 valence electrons. The summed E-state index contributed by atoms with van der Waals surface area (Å²) in [5.41, 5.74) is 1.52. The van der Waals surface area contributed by atoms with Crippen LogP contribution in [0.25, 0.3) is 0 Å². The van der Waals surface area contributed by atoms with Crippen molar-refractivity contribution in [1.82, 2.24) is 10.2 Å². The Labute approximate surface area is 140 Å². The standard InChI is InChI=1S/C17H17N3O3S/c1-20(12-16(21)18-11-13-7-3-2-4-8-13)17-14-9-5-6-10-15(14)24(22,23)19-17/h2-10H,11-12H2,1H3,(H,18,21). The molecule has 24 heavy (non-hydrogen) atoms. The van der Waals surface area contributed by atoms with Gasteiger partial charge in [0.1, 0.15) is 4.90 Å². The SMILES string of the molecule is CN(CC(=O)NCc1ccccc1)C1=NS(=O)(=O)c2ccccc21. The summed E-state index contributed by atoms with van der Waals surface area (Å²) in [4.78, 5) is 13.8. The lowest BCUT2D eigenvalue weighted by Gasteiger charge is -2.18. The highest BCUT2D eigenvalue weighted by Gasteiger charge is 2.30. The van der Waals surface area contributed by atoms with Gasteiger partial charge in [-0.25, -0.2) is 0 Å². The molecular weight excluding hydrogens is 326 g/mol. The molecule has 0 aliphatic carbocycles. The van der Waals surface area contributed by atoms with Crippen LogP contribution in [0.5, 0.6) is 0 Å². The first-order valence-corrected chi connectivity index (χ1v) is 8.87. The monoisotopic (exact) mass is 343 g/mol. The van der Waals surface area contributed by atoms with E-state index in [-0.39, 0.29) is 17.3 Å². The van der Waals surface area contributed by atoms with E-state index in [1.54, 1.807) is 30.1 Å². The normalized spacial score (nSPS) is 14.6. The van der Waals surface area contributed by atoms with E-state index in [2.05, 4.69) is 9.71 Å². The van der Waals surface area contributed by atoms with Gasteiger partial charge in [0.05, 0.1) is 6.54 Å². The first-order valence-electron chi connectivity index (χ1n) is 7.43.